The molecule has 1 amide bonds. The number of nitrogens with one attached hydrogen (secondary N) is 2. The summed E-state index contributed by atoms with van der Waals surface area (Å²) in [6, 6.07) is 16.9. The van der Waals surface area contributed by atoms with Gasteiger partial charge in [-0.25, -0.2) is 0 Å². The summed E-state index contributed by atoms with van der Waals surface area (Å²) in [5.41, 5.74) is 5.08. The number of aromatic nitrogens is 4. The van der Waals surface area contributed by atoms with Crippen molar-refractivity contribution >= 4 is 23.2 Å². The van der Waals surface area contributed by atoms with E-state index >= 15 is 0 Å². The molecule has 0 unspecified atom stereocenters. The molecule has 0 saturated heterocycles. The minimum absolute atomic E-state index is 0.287. The van der Waals surface area contributed by atoms with Crippen molar-refractivity contribution in [3.8, 4) is 17.0 Å². The number of hydrogen-bond acceptors (Lipinski definition) is 4. The zero-order valence-corrected chi connectivity index (χ0v) is 18.2. The van der Waals surface area contributed by atoms with Crippen LogP contribution in [0.2, 0.25) is 5.02 Å². The number of carbonyl (C=O) groups excluding carboxylic acids is 1. The summed E-state index contributed by atoms with van der Waals surface area (Å²) in [5.74, 6) is 0.439. The first-order valence-corrected chi connectivity index (χ1v) is 10.1. The number of aryl methyl sites for hydroxylation is 1. The number of aromatic amines is 1. The molecule has 0 saturated carbocycles. The van der Waals surface area contributed by atoms with E-state index in [2.05, 4.69) is 20.6 Å². The summed E-state index contributed by atoms with van der Waals surface area (Å²) in [5, 5.41) is 15.3. The number of carbonyl (C=O) groups is 1. The summed E-state index contributed by atoms with van der Waals surface area (Å²) < 4.78 is 7.09. The Morgan fingerprint density at radius 3 is 2.74 bits per heavy atom. The second kappa shape index (κ2) is 8.65. The third kappa shape index (κ3) is 4.32. The first kappa shape index (κ1) is 20.7. The van der Waals surface area contributed by atoms with Crippen molar-refractivity contribution in [1.82, 2.24) is 20.0 Å². The topological polar surface area (TPSA) is 84.8 Å². The van der Waals surface area contributed by atoms with E-state index in [1.807, 2.05) is 67.1 Å². The molecule has 0 aliphatic rings. The van der Waals surface area contributed by atoms with Gasteiger partial charge in [0, 0.05) is 10.6 Å². The van der Waals surface area contributed by atoms with Gasteiger partial charge in [-0.15, -0.1) is 0 Å². The van der Waals surface area contributed by atoms with Gasteiger partial charge in [0.1, 0.15) is 11.4 Å². The molecule has 0 radical (unpaired) electrons. The largest absolute Gasteiger partial charge is 0.497 e. The van der Waals surface area contributed by atoms with Gasteiger partial charge in [-0.2, -0.15) is 10.2 Å². The van der Waals surface area contributed by atoms with Gasteiger partial charge in [0.15, 0.2) is 0 Å². The van der Waals surface area contributed by atoms with Crippen LogP contribution in [0.25, 0.3) is 11.3 Å². The molecular weight excluding hydrogens is 414 g/mol. The molecule has 8 heteroatoms. The zero-order chi connectivity index (χ0) is 22.0. The Balaban J connectivity index is 1.53. The van der Waals surface area contributed by atoms with Crippen LogP contribution in [-0.2, 0) is 6.54 Å². The second-order valence-electron chi connectivity index (χ2n) is 7.15. The standard InChI is InChI=1S/C23H22ClN5O2/c1-14-22(15(2)29(28-14)13-17-7-4-5-10-19(17)24)25-23(30)21-12-20(26-27-21)16-8-6-9-18(11-16)31-3/h4-12H,13H2,1-3H3,(H,25,30)(H,26,27). The van der Waals surface area contributed by atoms with Gasteiger partial charge in [0.25, 0.3) is 5.91 Å². The van der Waals surface area contributed by atoms with Crippen LogP contribution in [0.15, 0.2) is 54.6 Å². The van der Waals surface area contributed by atoms with Crippen LogP contribution in [0.5, 0.6) is 5.75 Å². The summed E-state index contributed by atoms with van der Waals surface area (Å²) in [6.45, 7) is 4.30. The molecule has 0 aliphatic heterocycles. The normalized spacial score (nSPS) is 10.8. The number of methoxy groups -OCH3 is 1. The lowest BCUT2D eigenvalue weighted by atomic mass is 10.1. The van der Waals surface area contributed by atoms with Crippen molar-refractivity contribution in [2.45, 2.75) is 20.4 Å². The van der Waals surface area contributed by atoms with E-state index in [0.717, 1.165) is 28.3 Å². The molecular formula is C23H22ClN5O2. The smallest absolute Gasteiger partial charge is 0.273 e. The van der Waals surface area contributed by atoms with E-state index in [4.69, 9.17) is 16.3 Å². The predicted molar refractivity (Wildman–Crippen MR) is 121 cm³/mol. The fourth-order valence-electron chi connectivity index (χ4n) is 3.37. The first-order chi connectivity index (χ1) is 15.0. The average Bonchev–Trinajstić information content (AvgIpc) is 3.37. The van der Waals surface area contributed by atoms with E-state index in [0.29, 0.717) is 28.6 Å². The second-order valence-corrected chi connectivity index (χ2v) is 7.56. The molecule has 4 aromatic rings. The van der Waals surface area contributed by atoms with Crippen LogP contribution in [-0.4, -0.2) is 33.0 Å². The Hall–Kier alpha value is -3.58. The van der Waals surface area contributed by atoms with Crippen LogP contribution in [0.4, 0.5) is 5.69 Å². The van der Waals surface area contributed by atoms with E-state index in [9.17, 15) is 4.79 Å². The van der Waals surface area contributed by atoms with Crippen molar-refractivity contribution < 1.29 is 9.53 Å². The van der Waals surface area contributed by atoms with Crippen LogP contribution >= 0.6 is 11.6 Å². The highest BCUT2D eigenvalue weighted by atomic mass is 35.5. The minimum Gasteiger partial charge on any atom is -0.497 e. The molecule has 0 atom stereocenters. The van der Waals surface area contributed by atoms with E-state index in [1.54, 1.807) is 13.2 Å². The zero-order valence-electron chi connectivity index (χ0n) is 17.4. The summed E-state index contributed by atoms with van der Waals surface area (Å²) >= 11 is 6.28. The predicted octanol–water partition coefficient (Wildman–Crippen LogP) is 4.85. The third-order valence-electron chi connectivity index (χ3n) is 5.09. The lowest BCUT2D eigenvalue weighted by molar-refractivity contribution is 0.102. The van der Waals surface area contributed by atoms with Gasteiger partial charge < -0.3 is 10.1 Å². The number of anilines is 1. The maximum atomic E-state index is 12.8. The monoisotopic (exact) mass is 435 g/mol. The number of H-pyrrole nitrogens is 1. The Kier molecular flexibility index (Phi) is 5.77. The first-order valence-electron chi connectivity index (χ1n) is 9.75. The highest BCUT2D eigenvalue weighted by molar-refractivity contribution is 6.31. The summed E-state index contributed by atoms with van der Waals surface area (Å²) in [7, 11) is 1.61. The van der Waals surface area contributed by atoms with Gasteiger partial charge in [-0.05, 0) is 43.7 Å². The highest BCUT2D eigenvalue weighted by Gasteiger charge is 2.18. The highest BCUT2D eigenvalue weighted by Crippen LogP contribution is 2.25. The number of halogens is 1. The van der Waals surface area contributed by atoms with Gasteiger partial charge in [-0.3, -0.25) is 14.6 Å². The van der Waals surface area contributed by atoms with Crippen molar-refractivity contribution in [2.24, 2.45) is 0 Å². The molecule has 2 heterocycles. The van der Waals surface area contributed by atoms with E-state index in [1.165, 1.54) is 0 Å². The van der Waals surface area contributed by atoms with Crippen molar-refractivity contribution in [3.05, 3.63) is 82.3 Å². The minimum atomic E-state index is -0.287. The molecule has 0 bridgehead atoms. The molecule has 2 aromatic carbocycles. The molecule has 2 aromatic heterocycles. The number of amides is 1. The van der Waals surface area contributed by atoms with E-state index in [-0.39, 0.29) is 5.91 Å². The number of ether oxygens (including phenoxy) is 1. The van der Waals surface area contributed by atoms with Crippen LogP contribution in [0.3, 0.4) is 0 Å². The summed E-state index contributed by atoms with van der Waals surface area (Å²) in [6.07, 6.45) is 0. The third-order valence-corrected chi connectivity index (χ3v) is 5.45. The fraction of sp³-hybridized carbons (Fsp3) is 0.174. The van der Waals surface area contributed by atoms with Crippen LogP contribution in [0.1, 0.15) is 27.4 Å². The average molecular weight is 436 g/mol. The van der Waals surface area contributed by atoms with Gasteiger partial charge in [-0.1, -0.05) is 41.9 Å². The number of benzene rings is 2. The Morgan fingerprint density at radius 2 is 1.97 bits per heavy atom. The molecule has 31 heavy (non-hydrogen) atoms. The van der Waals surface area contributed by atoms with Crippen molar-refractivity contribution in [1.29, 1.82) is 0 Å². The van der Waals surface area contributed by atoms with Crippen molar-refractivity contribution in [2.75, 3.05) is 12.4 Å². The maximum Gasteiger partial charge on any atom is 0.273 e. The quantitative estimate of drug-likeness (QED) is 0.453. The molecule has 4 rings (SSSR count). The van der Waals surface area contributed by atoms with Crippen LogP contribution in [0, 0.1) is 13.8 Å². The summed E-state index contributed by atoms with van der Waals surface area (Å²) in [4.78, 5) is 12.8. The Morgan fingerprint density at radius 1 is 1.16 bits per heavy atom. The lowest BCUT2D eigenvalue weighted by Crippen LogP contribution is -2.14. The number of rotatable bonds is 6. The van der Waals surface area contributed by atoms with Gasteiger partial charge in [0.2, 0.25) is 0 Å². The molecule has 0 fully saturated rings. The molecule has 0 spiro atoms. The Labute approximate surface area is 185 Å². The Bertz CT molecular complexity index is 1240. The molecule has 158 valence electrons. The molecule has 7 nitrogen and oxygen atoms in total. The number of hydrogen-bond donors (Lipinski definition) is 2. The van der Waals surface area contributed by atoms with Gasteiger partial charge in [0.05, 0.1) is 36.4 Å². The SMILES string of the molecule is COc1cccc(-c2cc(C(=O)Nc3c(C)nn(Cc4ccccc4Cl)c3C)[nH]n2)c1. The van der Waals surface area contributed by atoms with Crippen LogP contribution < -0.4 is 10.1 Å². The molecule has 0 aliphatic carbocycles. The van der Waals surface area contributed by atoms with Crippen molar-refractivity contribution in [3.63, 3.8) is 0 Å². The maximum absolute atomic E-state index is 12.8. The fourth-order valence-corrected chi connectivity index (χ4v) is 3.56. The lowest BCUT2D eigenvalue weighted by Gasteiger charge is -2.08. The number of nitrogens with zero attached hydrogens (tertiary/aromatic N) is 3. The molecule has 2 N–H and O–H groups in total. The van der Waals surface area contributed by atoms with Gasteiger partial charge >= 0.3 is 0 Å². The van der Waals surface area contributed by atoms with E-state index < -0.39 is 0 Å².